The number of nitrogens with zero attached hydrogens (tertiary/aromatic N) is 2. The van der Waals surface area contributed by atoms with Gasteiger partial charge < -0.3 is 20.7 Å². The SMILES string of the molecule is O=C(NC1CNC1)C(Nc1ncnc2ccc(C(F)(F)F)cc12)OC(=O)C(F)(F)F. The fourth-order valence-electron chi connectivity index (χ4n) is 2.46. The maximum Gasteiger partial charge on any atom is 0.491 e. The molecule has 0 saturated carbocycles. The standard InChI is InChI=1S/C16H13F6N5O3/c17-15(18,19)7-1-2-10-9(3-7)11(25-6-24-10)27-13(30-14(29)16(20,21)22)12(28)26-8-4-23-5-8/h1-3,6,8,13,23H,4-5H2,(H,26,28)(H,24,25,27). The number of rotatable bonds is 5. The Kier molecular flexibility index (Phi) is 5.70. The Morgan fingerprint density at radius 1 is 1.13 bits per heavy atom. The van der Waals surface area contributed by atoms with Crippen molar-refractivity contribution in [3.8, 4) is 0 Å². The Hall–Kier alpha value is -3.16. The fraction of sp³-hybridized carbons (Fsp3) is 0.375. The van der Waals surface area contributed by atoms with E-state index >= 15 is 0 Å². The number of ether oxygens (including phenoxy) is 1. The van der Waals surface area contributed by atoms with Crippen LogP contribution in [0.5, 0.6) is 0 Å². The van der Waals surface area contributed by atoms with E-state index < -0.39 is 47.9 Å². The van der Waals surface area contributed by atoms with Crippen LogP contribution in [0.3, 0.4) is 0 Å². The Morgan fingerprint density at radius 3 is 2.40 bits per heavy atom. The number of esters is 1. The van der Waals surface area contributed by atoms with Gasteiger partial charge in [0.2, 0.25) is 0 Å². The van der Waals surface area contributed by atoms with Crippen LogP contribution in [0.4, 0.5) is 32.2 Å². The van der Waals surface area contributed by atoms with Gasteiger partial charge >= 0.3 is 18.3 Å². The largest absolute Gasteiger partial charge is 0.491 e. The number of fused-ring (bicyclic) bond motifs is 1. The molecule has 2 heterocycles. The second-order valence-corrected chi connectivity index (χ2v) is 6.24. The molecule has 8 nitrogen and oxygen atoms in total. The zero-order chi connectivity index (χ0) is 22.1. The number of amides is 1. The highest BCUT2D eigenvalue weighted by Crippen LogP contribution is 2.32. The predicted octanol–water partition coefficient (Wildman–Crippen LogP) is 1.58. The molecule has 3 rings (SSSR count). The first-order valence-electron chi connectivity index (χ1n) is 8.32. The van der Waals surface area contributed by atoms with Crippen LogP contribution in [0.2, 0.25) is 0 Å². The molecule has 0 aliphatic carbocycles. The minimum Gasteiger partial charge on any atom is -0.425 e. The summed E-state index contributed by atoms with van der Waals surface area (Å²) in [4.78, 5) is 31.0. The molecule has 30 heavy (non-hydrogen) atoms. The molecule has 1 amide bonds. The number of anilines is 1. The molecule has 1 saturated heterocycles. The normalized spacial score (nSPS) is 15.9. The monoisotopic (exact) mass is 437 g/mol. The first-order valence-corrected chi connectivity index (χ1v) is 8.32. The number of carbonyl (C=O) groups is 2. The highest BCUT2D eigenvalue weighted by molar-refractivity contribution is 5.93. The van der Waals surface area contributed by atoms with Crippen LogP contribution >= 0.6 is 0 Å². The third kappa shape index (κ3) is 4.87. The Morgan fingerprint density at radius 2 is 1.83 bits per heavy atom. The predicted molar refractivity (Wildman–Crippen MR) is 88.9 cm³/mol. The average molecular weight is 437 g/mol. The lowest BCUT2D eigenvalue weighted by molar-refractivity contribution is -0.204. The number of nitrogens with one attached hydrogen (secondary N) is 3. The van der Waals surface area contributed by atoms with Crippen molar-refractivity contribution in [3.05, 3.63) is 30.1 Å². The summed E-state index contributed by atoms with van der Waals surface area (Å²) in [7, 11) is 0. The van der Waals surface area contributed by atoms with Gasteiger partial charge in [0.05, 0.1) is 17.1 Å². The van der Waals surface area contributed by atoms with Crippen LogP contribution in [-0.2, 0) is 20.5 Å². The average Bonchev–Trinajstić information content (AvgIpc) is 2.62. The van der Waals surface area contributed by atoms with Crippen molar-refractivity contribution >= 4 is 28.6 Å². The van der Waals surface area contributed by atoms with E-state index in [1.54, 1.807) is 0 Å². The van der Waals surface area contributed by atoms with Crippen molar-refractivity contribution in [2.24, 2.45) is 0 Å². The molecule has 2 aromatic rings. The molecular weight excluding hydrogens is 424 g/mol. The molecule has 0 spiro atoms. The third-order valence-electron chi connectivity index (χ3n) is 4.05. The lowest BCUT2D eigenvalue weighted by Gasteiger charge is -2.30. The van der Waals surface area contributed by atoms with Crippen molar-refractivity contribution in [2.75, 3.05) is 18.4 Å². The van der Waals surface area contributed by atoms with Gasteiger partial charge in [-0.25, -0.2) is 14.8 Å². The first-order chi connectivity index (χ1) is 13.9. The summed E-state index contributed by atoms with van der Waals surface area (Å²) < 4.78 is 81.0. The van der Waals surface area contributed by atoms with Crippen molar-refractivity contribution in [1.29, 1.82) is 0 Å². The molecule has 1 atom stereocenters. The van der Waals surface area contributed by atoms with Gasteiger partial charge in [0.25, 0.3) is 12.1 Å². The topological polar surface area (TPSA) is 105 Å². The fourth-order valence-corrected chi connectivity index (χ4v) is 2.46. The molecule has 14 heteroatoms. The molecule has 1 unspecified atom stereocenters. The summed E-state index contributed by atoms with van der Waals surface area (Å²) in [5.41, 5.74) is -1.05. The lowest BCUT2D eigenvalue weighted by atomic mass is 10.1. The van der Waals surface area contributed by atoms with Crippen molar-refractivity contribution < 1.29 is 40.7 Å². The van der Waals surface area contributed by atoms with Gasteiger partial charge in [-0.15, -0.1) is 0 Å². The van der Waals surface area contributed by atoms with E-state index in [9.17, 15) is 35.9 Å². The molecule has 0 bridgehead atoms. The number of alkyl halides is 6. The van der Waals surface area contributed by atoms with Gasteiger partial charge in [-0.2, -0.15) is 26.3 Å². The van der Waals surface area contributed by atoms with Crippen LogP contribution < -0.4 is 16.0 Å². The molecule has 1 aliphatic rings. The van der Waals surface area contributed by atoms with E-state index in [2.05, 4.69) is 30.7 Å². The smallest absolute Gasteiger partial charge is 0.425 e. The van der Waals surface area contributed by atoms with E-state index in [1.165, 1.54) is 0 Å². The molecule has 3 N–H and O–H groups in total. The van der Waals surface area contributed by atoms with Crippen molar-refractivity contribution in [1.82, 2.24) is 20.6 Å². The minimum absolute atomic E-state index is 0.0185. The summed E-state index contributed by atoms with van der Waals surface area (Å²) in [6, 6.07) is 2.04. The molecule has 0 radical (unpaired) electrons. The van der Waals surface area contributed by atoms with Crippen molar-refractivity contribution in [2.45, 2.75) is 24.6 Å². The molecular formula is C16H13F6N5O3. The van der Waals surface area contributed by atoms with E-state index in [-0.39, 0.29) is 10.9 Å². The second kappa shape index (κ2) is 7.93. The Labute approximate surface area is 164 Å². The van der Waals surface area contributed by atoms with Crippen LogP contribution in [0, 0.1) is 0 Å². The maximum atomic E-state index is 13.0. The van der Waals surface area contributed by atoms with E-state index in [0.29, 0.717) is 19.2 Å². The number of halogens is 6. The van der Waals surface area contributed by atoms with E-state index in [4.69, 9.17) is 0 Å². The van der Waals surface area contributed by atoms with Gasteiger partial charge in [-0.05, 0) is 18.2 Å². The number of aromatic nitrogens is 2. The number of hydrogen-bond donors (Lipinski definition) is 3. The van der Waals surface area contributed by atoms with Crippen LogP contribution in [0.25, 0.3) is 10.9 Å². The first kappa shape index (κ1) is 21.5. The molecule has 1 aromatic heterocycles. The van der Waals surface area contributed by atoms with Crippen LogP contribution in [-0.4, -0.2) is 53.4 Å². The number of benzene rings is 1. The van der Waals surface area contributed by atoms with Gasteiger partial charge in [-0.3, -0.25) is 4.79 Å². The van der Waals surface area contributed by atoms with Crippen LogP contribution in [0.15, 0.2) is 24.5 Å². The van der Waals surface area contributed by atoms with Gasteiger partial charge in [0.15, 0.2) is 0 Å². The number of hydrogen-bond acceptors (Lipinski definition) is 7. The third-order valence-corrected chi connectivity index (χ3v) is 4.05. The van der Waals surface area contributed by atoms with Gasteiger partial charge in [-0.1, -0.05) is 0 Å². The van der Waals surface area contributed by atoms with Gasteiger partial charge in [0, 0.05) is 18.5 Å². The molecule has 1 aliphatic heterocycles. The highest BCUT2D eigenvalue weighted by atomic mass is 19.4. The van der Waals surface area contributed by atoms with E-state index in [0.717, 1.165) is 18.5 Å². The summed E-state index contributed by atoms with van der Waals surface area (Å²) in [6.45, 7) is 0.689. The summed E-state index contributed by atoms with van der Waals surface area (Å²) >= 11 is 0. The Balaban J connectivity index is 1.93. The van der Waals surface area contributed by atoms with Crippen LogP contribution in [0.1, 0.15) is 5.56 Å². The molecule has 1 aromatic carbocycles. The summed E-state index contributed by atoms with van der Waals surface area (Å²) in [5.74, 6) is -4.21. The second-order valence-electron chi connectivity index (χ2n) is 6.24. The lowest BCUT2D eigenvalue weighted by Crippen LogP contribution is -2.60. The molecule has 162 valence electrons. The van der Waals surface area contributed by atoms with E-state index in [1.807, 2.05) is 0 Å². The zero-order valence-electron chi connectivity index (χ0n) is 14.8. The maximum absolute atomic E-state index is 13.0. The highest BCUT2D eigenvalue weighted by Gasteiger charge is 2.44. The zero-order valence-corrected chi connectivity index (χ0v) is 14.8. The quantitative estimate of drug-likeness (QED) is 0.371. The van der Waals surface area contributed by atoms with Gasteiger partial charge in [0.1, 0.15) is 12.1 Å². The molecule has 1 fully saturated rings. The summed E-state index contributed by atoms with van der Waals surface area (Å²) in [6.07, 6.45) is -11.4. The van der Waals surface area contributed by atoms with Crippen molar-refractivity contribution in [3.63, 3.8) is 0 Å². The Bertz CT molecular complexity index is 961. The summed E-state index contributed by atoms with van der Waals surface area (Å²) in [5, 5.41) is 7.09. The number of carbonyl (C=O) groups excluding carboxylic acids is 2. The minimum atomic E-state index is -5.39.